The Labute approximate surface area is 127 Å². The maximum Gasteiger partial charge on any atom is 0.254 e. The van der Waals surface area contributed by atoms with Gasteiger partial charge in [-0.1, -0.05) is 23.7 Å². The highest BCUT2D eigenvalue weighted by atomic mass is 35.5. The zero-order chi connectivity index (χ0) is 15.2. The number of aliphatic hydroxyl groups is 1. The fourth-order valence-electron chi connectivity index (χ4n) is 1.81. The molecule has 1 unspecified atom stereocenters. The molecular formula is C15H15ClN2O3. The van der Waals surface area contributed by atoms with Gasteiger partial charge in [0.05, 0.1) is 18.8 Å². The van der Waals surface area contributed by atoms with Gasteiger partial charge in [0.15, 0.2) is 0 Å². The second kappa shape index (κ2) is 7.06. The number of methoxy groups -OCH3 is 1. The smallest absolute Gasteiger partial charge is 0.254 e. The summed E-state index contributed by atoms with van der Waals surface area (Å²) in [5, 5.41) is 12.8. The summed E-state index contributed by atoms with van der Waals surface area (Å²) >= 11 is 5.84. The molecule has 0 aliphatic rings. The summed E-state index contributed by atoms with van der Waals surface area (Å²) in [5.74, 6) is 0.267. The van der Waals surface area contributed by atoms with E-state index in [9.17, 15) is 9.90 Å². The van der Waals surface area contributed by atoms with Crippen LogP contribution in [0.4, 0.5) is 0 Å². The van der Waals surface area contributed by atoms with Gasteiger partial charge in [-0.05, 0) is 29.8 Å². The summed E-state index contributed by atoms with van der Waals surface area (Å²) < 4.78 is 5.09. The van der Waals surface area contributed by atoms with Gasteiger partial charge in [-0.2, -0.15) is 0 Å². The number of nitrogens with zero attached hydrogens (tertiary/aromatic N) is 1. The van der Waals surface area contributed by atoms with Crippen LogP contribution in [0.5, 0.6) is 5.75 Å². The Balaban J connectivity index is 1.99. The molecular weight excluding hydrogens is 292 g/mol. The summed E-state index contributed by atoms with van der Waals surface area (Å²) in [7, 11) is 1.55. The topological polar surface area (TPSA) is 71.5 Å². The molecule has 2 rings (SSSR count). The minimum absolute atomic E-state index is 0.0667. The zero-order valence-electron chi connectivity index (χ0n) is 11.4. The van der Waals surface area contributed by atoms with Crippen molar-refractivity contribution in [2.45, 2.75) is 6.10 Å². The number of hydrogen-bond donors (Lipinski definition) is 2. The van der Waals surface area contributed by atoms with Gasteiger partial charge in [-0.3, -0.25) is 4.79 Å². The van der Waals surface area contributed by atoms with Crippen LogP contribution in [-0.4, -0.2) is 29.7 Å². The number of rotatable bonds is 5. The van der Waals surface area contributed by atoms with E-state index in [1.165, 1.54) is 6.20 Å². The van der Waals surface area contributed by atoms with Crippen molar-refractivity contribution in [3.8, 4) is 5.75 Å². The molecule has 0 aliphatic carbocycles. The third kappa shape index (κ3) is 3.93. The van der Waals surface area contributed by atoms with Crippen LogP contribution in [-0.2, 0) is 0 Å². The first-order valence-corrected chi connectivity index (χ1v) is 6.70. The average Bonchev–Trinajstić information content (AvgIpc) is 2.52. The highest BCUT2D eigenvalue weighted by Crippen LogP contribution is 2.19. The fourth-order valence-corrected chi connectivity index (χ4v) is 2.01. The zero-order valence-corrected chi connectivity index (χ0v) is 12.2. The van der Waals surface area contributed by atoms with Gasteiger partial charge >= 0.3 is 0 Å². The standard InChI is InChI=1S/C15H15ClN2O3/c1-21-11-5-2-4-10(8-11)13(19)9-18-15(20)12-6-3-7-17-14(12)16/h2-8,13,19H,9H2,1H3,(H,18,20). The van der Waals surface area contributed by atoms with Crippen LogP contribution in [0.2, 0.25) is 5.15 Å². The molecule has 0 aliphatic heterocycles. The number of halogens is 1. The van der Waals surface area contributed by atoms with Crippen LogP contribution in [0.1, 0.15) is 22.0 Å². The third-order valence-corrected chi connectivity index (χ3v) is 3.24. The fraction of sp³-hybridized carbons (Fsp3) is 0.200. The van der Waals surface area contributed by atoms with Crippen molar-refractivity contribution in [1.29, 1.82) is 0 Å². The maximum atomic E-state index is 12.0. The molecule has 5 nitrogen and oxygen atoms in total. The molecule has 0 saturated heterocycles. The van der Waals surface area contributed by atoms with Crippen LogP contribution >= 0.6 is 11.6 Å². The van der Waals surface area contributed by atoms with E-state index in [4.69, 9.17) is 16.3 Å². The molecule has 0 bridgehead atoms. The molecule has 1 atom stereocenters. The van der Waals surface area contributed by atoms with Crippen molar-refractivity contribution in [2.24, 2.45) is 0 Å². The van der Waals surface area contributed by atoms with Crippen molar-refractivity contribution in [3.63, 3.8) is 0 Å². The lowest BCUT2D eigenvalue weighted by atomic mass is 10.1. The Hall–Kier alpha value is -2.11. The van der Waals surface area contributed by atoms with Gasteiger partial charge < -0.3 is 15.2 Å². The number of aromatic nitrogens is 1. The van der Waals surface area contributed by atoms with Gasteiger partial charge in [0.25, 0.3) is 5.91 Å². The first-order chi connectivity index (χ1) is 10.1. The van der Waals surface area contributed by atoms with E-state index >= 15 is 0 Å². The quantitative estimate of drug-likeness (QED) is 0.831. The highest BCUT2D eigenvalue weighted by molar-refractivity contribution is 6.32. The molecule has 0 saturated carbocycles. The number of ether oxygens (including phenoxy) is 1. The van der Waals surface area contributed by atoms with Crippen LogP contribution in [0.25, 0.3) is 0 Å². The molecule has 21 heavy (non-hydrogen) atoms. The van der Waals surface area contributed by atoms with Gasteiger partial charge in [-0.25, -0.2) is 4.98 Å². The number of hydrogen-bond acceptors (Lipinski definition) is 4. The minimum Gasteiger partial charge on any atom is -0.497 e. The minimum atomic E-state index is -0.834. The SMILES string of the molecule is COc1cccc(C(O)CNC(=O)c2cccnc2Cl)c1. The lowest BCUT2D eigenvalue weighted by Gasteiger charge is -2.13. The molecule has 1 heterocycles. The lowest BCUT2D eigenvalue weighted by Crippen LogP contribution is -2.28. The molecule has 1 amide bonds. The van der Waals surface area contributed by atoms with Gasteiger partial charge in [0.2, 0.25) is 0 Å². The third-order valence-electron chi connectivity index (χ3n) is 2.94. The summed E-state index contributed by atoms with van der Waals surface area (Å²) in [6, 6.07) is 10.2. The summed E-state index contributed by atoms with van der Waals surface area (Å²) in [6.07, 6.45) is 0.670. The van der Waals surface area contributed by atoms with E-state index in [0.29, 0.717) is 11.3 Å². The molecule has 1 aromatic heterocycles. The molecule has 0 radical (unpaired) electrons. The molecule has 0 fully saturated rings. The summed E-state index contributed by atoms with van der Waals surface area (Å²) in [4.78, 5) is 15.8. The molecule has 2 N–H and O–H groups in total. The van der Waals surface area contributed by atoms with Gasteiger partial charge in [0, 0.05) is 12.7 Å². The Kier molecular flexibility index (Phi) is 5.14. The summed E-state index contributed by atoms with van der Waals surface area (Å²) in [6.45, 7) is 0.0667. The van der Waals surface area contributed by atoms with Crippen molar-refractivity contribution >= 4 is 17.5 Å². The molecule has 110 valence electrons. The Morgan fingerprint density at radius 2 is 2.24 bits per heavy atom. The maximum absolute atomic E-state index is 12.0. The number of benzene rings is 1. The van der Waals surface area contributed by atoms with Crippen LogP contribution in [0, 0.1) is 0 Å². The average molecular weight is 307 g/mol. The van der Waals surface area contributed by atoms with E-state index in [-0.39, 0.29) is 23.2 Å². The lowest BCUT2D eigenvalue weighted by molar-refractivity contribution is 0.0916. The number of carbonyl (C=O) groups is 1. The van der Waals surface area contributed by atoms with E-state index in [0.717, 1.165) is 0 Å². The number of nitrogens with one attached hydrogen (secondary N) is 1. The molecule has 1 aromatic carbocycles. The first-order valence-electron chi connectivity index (χ1n) is 6.32. The normalized spacial score (nSPS) is 11.8. The van der Waals surface area contributed by atoms with Crippen LogP contribution in [0.15, 0.2) is 42.6 Å². The Morgan fingerprint density at radius 1 is 1.43 bits per heavy atom. The predicted octanol–water partition coefficient (Wildman–Crippen LogP) is 2.21. The monoisotopic (exact) mass is 306 g/mol. The Morgan fingerprint density at radius 3 is 2.95 bits per heavy atom. The number of amides is 1. The van der Waals surface area contributed by atoms with Gasteiger partial charge in [-0.15, -0.1) is 0 Å². The second-order valence-corrected chi connectivity index (χ2v) is 4.70. The van der Waals surface area contributed by atoms with Crippen LogP contribution < -0.4 is 10.1 Å². The van der Waals surface area contributed by atoms with E-state index in [1.807, 2.05) is 0 Å². The van der Waals surface area contributed by atoms with E-state index < -0.39 is 6.10 Å². The summed E-state index contributed by atoms with van der Waals surface area (Å²) in [5.41, 5.74) is 0.934. The molecule has 0 spiro atoms. The number of pyridine rings is 1. The van der Waals surface area contributed by atoms with Gasteiger partial charge in [0.1, 0.15) is 10.9 Å². The van der Waals surface area contributed by atoms with Crippen molar-refractivity contribution in [1.82, 2.24) is 10.3 Å². The number of carbonyl (C=O) groups excluding carboxylic acids is 1. The highest BCUT2D eigenvalue weighted by Gasteiger charge is 2.13. The largest absolute Gasteiger partial charge is 0.497 e. The number of aliphatic hydroxyl groups excluding tert-OH is 1. The van der Waals surface area contributed by atoms with E-state index in [1.54, 1.807) is 43.5 Å². The van der Waals surface area contributed by atoms with Crippen molar-refractivity contribution in [2.75, 3.05) is 13.7 Å². The second-order valence-electron chi connectivity index (χ2n) is 4.34. The Bertz CT molecular complexity index is 634. The predicted molar refractivity (Wildman–Crippen MR) is 79.5 cm³/mol. The van der Waals surface area contributed by atoms with Crippen molar-refractivity contribution in [3.05, 3.63) is 58.9 Å². The first kappa shape index (κ1) is 15.3. The molecule has 6 heteroatoms. The van der Waals surface area contributed by atoms with Crippen molar-refractivity contribution < 1.29 is 14.6 Å². The van der Waals surface area contributed by atoms with Crippen LogP contribution in [0.3, 0.4) is 0 Å². The van der Waals surface area contributed by atoms with E-state index in [2.05, 4.69) is 10.3 Å². The molecule has 2 aromatic rings.